The lowest BCUT2D eigenvalue weighted by Crippen LogP contribution is -2.49. The minimum atomic E-state index is -0.102. The normalized spacial score (nSPS) is 26.8. The number of rotatable bonds is 4. The molecule has 28 heavy (non-hydrogen) atoms. The number of nitrogens with zero attached hydrogens (tertiary/aromatic N) is 1. The summed E-state index contributed by atoms with van der Waals surface area (Å²) in [4.78, 5) is 26.4. The highest BCUT2D eigenvalue weighted by Gasteiger charge is 2.49. The number of esters is 1. The first-order valence-electron chi connectivity index (χ1n) is 10.0. The number of piperidine rings is 1. The van der Waals surface area contributed by atoms with E-state index < -0.39 is 0 Å². The smallest absolute Gasteiger partial charge is 0.310 e. The molecule has 2 aliphatic rings. The number of hydrogen-bond acceptors (Lipinski definition) is 4. The van der Waals surface area contributed by atoms with Crippen LogP contribution in [0.5, 0.6) is 0 Å². The molecule has 4 nitrogen and oxygen atoms in total. The van der Waals surface area contributed by atoms with Crippen molar-refractivity contribution in [2.45, 2.75) is 44.2 Å². The maximum atomic E-state index is 12.6. The molecule has 4 atom stereocenters. The van der Waals surface area contributed by atoms with Gasteiger partial charge in [-0.2, -0.15) is 0 Å². The monoisotopic (exact) mass is 377 g/mol. The first-order valence-corrected chi connectivity index (χ1v) is 10.0. The Kier molecular flexibility index (Phi) is 5.07. The molecule has 146 valence electrons. The van der Waals surface area contributed by atoms with Gasteiger partial charge in [0.15, 0.2) is 5.78 Å². The fourth-order valence-electron chi connectivity index (χ4n) is 5.09. The summed E-state index contributed by atoms with van der Waals surface area (Å²) in [6, 6.07) is 17.1. The summed E-state index contributed by atoms with van der Waals surface area (Å²) in [6.07, 6.45) is 3.23. The van der Waals surface area contributed by atoms with Gasteiger partial charge in [0.25, 0.3) is 0 Å². The van der Waals surface area contributed by atoms with Gasteiger partial charge < -0.3 is 4.74 Å². The van der Waals surface area contributed by atoms with Crippen molar-refractivity contribution in [3.05, 3.63) is 59.7 Å². The summed E-state index contributed by atoms with van der Waals surface area (Å²) in [5.74, 6) is 0.0866. The Hall–Kier alpha value is -2.46. The van der Waals surface area contributed by atoms with Gasteiger partial charge in [0, 0.05) is 23.6 Å². The topological polar surface area (TPSA) is 46.6 Å². The number of carbonyl (C=O) groups is 2. The number of Topliss-reactive ketones (excluding diaryl/α,β-unsaturated/α-hetero) is 1. The highest BCUT2D eigenvalue weighted by Crippen LogP contribution is 2.46. The number of ketones is 1. The summed E-state index contributed by atoms with van der Waals surface area (Å²) in [7, 11) is 3.64. The molecule has 0 aliphatic carbocycles. The van der Waals surface area contributed by atoms with Crippen LogP contribution >= 0.6 is 0 Å². The third-order valence-corrected chi connectivity index (χ3v) is 6.71. The van der Waals surface area contributed by atoms with E-state index in [1.165, 1.54) is 12.7 Å². The Labute approximate surface area is 166 Å². The summed E-state index contributed by atoms with van der Waals surface area (Å²) >= 11 is 0. The van der Waals surface area contributed by atoms with Crippen molar-refractivity contribution in [3.8, 4) is 11.1 Å². The Morgan fingerprint density at radius 1 is 0.964 bits per heavy atom. The van der Waals surface area contributed by atoms with Gasteiger partial charge in [0.2, 0.25) is 0 Å². The maximum Gasteiger partial charge on any atom is 0.310 e. The third kappa shape index (κ3) is 3.26. The highest BCUT2D eigenvalue weighted by molar-refractivity contribution is 5.94. The van der Waals surface area contributed by atoms with Crippen molar-refractivity contribution >= 4 is 11.8 Å². The molecular weight excluding hydrogens is 350 g/mol. The van der Waals surface area contributed by atoms with Crippen molar-refractivity contribution in [1.82, 2.24) is 4.90 Å². The van der Waals surface area contributed by atoms with Crippen LogP contribution in [0.15, 0.2) is 48.5 Å². The first kappa shape index (κ1) is 18.9. The number of ether oxygens (including phenoxy) is 1. The van der Waals surface area contributed by atoms with E-state index in [0.717, 1.165) is 36.0 Å². The van der Waals surface area contributed by atoms with Crippen molar-refractivity contribution in [2.24, 2.45) is 5.92 Å². The molecule has 2 saturated heterocycles. The molecule has 0 spiro atoms. The van der Waals surface area contributed by atoms with E-state index in [2.05, 4.69) is 36.2 Å². The molecule has 0 amide bonds. The predicted octanol–water partition coefficient (Wildman–Crippen LogP) is 4.30. The molecule has 0 radical (unpaired) electrons. The van der Waals surface area contributed by atoms with Gasteiger partial charge in [0.05, 0.1) is 13.0 Å². The van der Waals surface area contributed by atoms with E-state index in [-0.39, 0.29) is 29.6 Å². The van der Waals surface area contributed by atoms with Gasteiger partial charge in [-0.3, -0.25) is 14.5 Å². The zero-order valence-electron chi connectivity index (χ0n) is 16.7. The number of hydrogen-bond donors (Lipinski definition) is 0. The summed E-state index contributed by atoms with van der Waals surface area (Å²) in [5, 5.41) is 0. The molecule has 0 saturated carbocycles. The molecule has 2 fully saturated rings. The Balaban J connectivity index is 1.60. The Bertz CT molecular complexity index is 872. The van der Waals surface area contributed by atoms with Gasteiger partial charge in [-0.1, -0.05) is 48.5 Å². The third-order valence-electron chi connectivity index (χ3n) is 6.71. The molecule has 2 aliphatic heterocycles. The predicted molar refractivity (Wildman–Crippen MR) is 109 cm³/mol. The second-order valence-corrected chi connectivity index (χ2v) is 8.11. The van der Waals surface area contributed by atoms with E-state index in [4.69, 9.17) is 4.74 Å². The van der Waals surface area contributed by atoms with E-state index in [0.29, 0.717) is 6.04 Å². The van der Waals surface area contributed by atoms with Crippen LogP contribution < -0.4 is 0 Å². The average Bonchev–Trinajstić information content (AvgIpc) is 2.95. The quantitative estimate of drug-likeness (QED) is 0.589. The summed E-state index contributed by atoms with van der Waals surface area (Å²) in [6.45, 7) is 1.58. The lowest BCUT2D eigenvalue weighted by atomic mass is 9.76. The van der Waals surface area contributed by atoms with Crippen LogP contribution in [-0.2, 0) is 9.53 Å². The van der Waals surface area contributed by atoms with Crippen molar-refractivity contribution in [3.63, 3.8) is 0 Å². The van der Waals surface area contributed by atoms with Gasteiger partial charge in [-0.05, 0) is 49.9 Å². The van der Waals surface area contributed by atoms with E-state index >= 15 is 0 Å². The van der Waals surface area contributed by atoms with Crippen LogP contribution in [0, 0.1) is 5.92 Å². The number of benzene rings is 2. The zero-order chi connectivity index (χ0) is 19.8. The summed E-state index contributed by atoms with van der Waals surface area (Å²) < 4.78 is 5.17. The molecule has 4 heteroatoms. The van der Waals surface area contributed by atoms with Crippen molar-refractivity contribution < 1.29 is 14.3 Å². The minimum absolute atomic E-state index is 0.0765. The van der Waals surface area contributed by atoms with E-state index in [9.17, 15) is 9.59 Å². The van der Waals surface area contributed by atoms with Crippen LogP contribution in [0.25, 0.3) is 11.1 Å². The maximum absolute atomic E-state index is 12.6. The second kappa shape index (κ2) is 7.51. The van der Waals surface area contributed by atoms with Gasteiger partial charge in [-0.25, -0.2) is 0 Å². The number of carbonyl (C=O) groups excluding carboxylic acids is 2. The molecule has 2 aromatic rings. The SMILES string of the molecule is COC(=O)C1C(c2ccc(-c3ccc(C(C)=O)cc3)cc2)CC2CCC1N2C. The van der Waals surface area contributed by atoms with E-state index in [1.54, 1.807) is 6.92 Å². The van der Waals surface area contributed by atoms with Crippen molar-refractivity contribution in [2.75, 3.05) is 14.2 Å². The molecular formula is C24H27NO3. The van der Waals surface area contributed by atoms with Crippen LogP contribution in [0.4, 0.5) is 0 Å². The van der Waals surface area contributed by atoms with Crippen LogP contribution in [0.2, 0.25) is 0 Å². The number of fused-ring (bicyclic) bond motifs is 2. The zero-order valence-corrected chi connectivity index (χ0v) is 16.7. The molecule has 0 N–H and O–H groups in total. The number of methoxy groups -OCH3 is 1. The second-order valence-electron chi connectivity index (χ2n) is 8.11. The lowest BCUT2D eigenvalue weighted by Gasteiger charge is -2.41. The fraction of sp³-hybridized carbons (Fsp3) is 0.417. The van der Waals surface area contributed by atoms with Gasteiger partial charge in [0.1, 0.15) is 0 Å². The lowest BCUT2D eigenvalue weighted by molar-refractivity contribution is -0.150. The van der Waals surface area contributed by atoms with Crippen LogP contribution in [-0.4, -0.2) is 42.9 Å². The van der Waals surface area contributed by atoms with Gasteiger partial charge >= 0.3 is 5.97 Å². The average molecular weight is 377 g/mol. The minimum Gasteiger partial charge on any atom is -0.469 e. The highest BCUT2D eigenvalue weighted by atomic mass is 16.5. The van der Waals surface area contributed by atoms with Crippen LogP contribution in [0.3, 0.4) is 0 Å². The molecule has 2 aromatic carbocycles. The van der Waals surface area contributed by atoms with Crippen LogP contribution in [0.1, 0.15) is 48.0 Å². The standard InChI is InChI=1S/C24H27NO3/c1-15(26)16-4-6-17(7-5-16)18-8-10-19(11-9-18)21-14-20-12-13-22(25(20)2)23(21)24(27)28-3/h4-11,20-23H,12-14H2,1-3H3. The molecule has 2 heterocycles. The molecule has 4 rings (SSSR count). The van der Waals surface area contributed by atoms with E-state index in [1.807, 2.05) is 24.3 Å². The largest absolute Gasteiger partial charge is 0.469 e. The molecule has 0 aromatic heterocycles. The van der Waals surface area contributed by atoms with Crippen molar-refractivity contribution in [1.29, 1.82) is 0 Å². The molecule has 4 unspecified atom stereocenters. The Morgan fingerprint density at radius 3 is 2.14 bits per heavy atom. The summed E-state index contributed by atoms with van der Waals surface area (Å²) in [5.41, 5.74) is 4.14. The fourth-order valence-corrected chi connectivity index (χ4v) is 5.09. The first-order chi connectivity index (χ1) is 13.5. The molecule has 2 bridgehead atoms. The van der Waals surface area contributed by atoms with Gasteiger partial charge in [-0.15, -0.1) is 0 Å². The Morgan fingerprint density at radius 2 is 1.57 bits per heavy atom.